The van der Waals surface area contributed by atoms with Gasteiger partial charge < -0.3 is 19.1 Å². The Hall–Kier alpha value is -2.21. The van der Waals surface area contributed by atoms with Crippen LogP contribution in [0, 0.1) is 6.92 Å². The van der Waals surface area contributed by atoms with Crippen LogP contribution in [0.5, 0.6) is 11.5 Å². The zero-order chi connectivity index (χ0) is 14.9. The SMILES string of the molecule is COc1cc(-c2cc(C(=O)O)on2)c(OC)c(Cl)c1C. The molecule has 106 valence electrons. The van der Waals surface area contributed by atoms with Gasteiger partial charge in [-0.2, -0.15) is 0 Å². The molecule has 1 aromatic heterocycles. The first kappa shape index (κ1) is 14.2. The average molecular weight is 298 g/mol. The molecule has 1 aromatic carbocycles. The molecule has 1 heterocycles. The van der Waals surface area contributed by atoms with Gasteiger partial charge in [0.25, 0.3) is 0 Å². The maximum Gasteiger partial charge on any atom is 0.374 e. The van der Waals surface area contributed by atoms with Gasteiger partial charge in [-0.05, 0) is 13.0 Å². The number of rotatable bonds is 4. The second-order valence-corrected chi connectivity index (χ2v) is 4.36. The number of aromatic nitrogens is 1. The molecule has 0 unspecified atom stereocenters. The lowest BCUT2D eigenvalue weighted by Gasteiger charge is -2.13. The van der Waals surface area contributed by atoms with Gasteiger partial charge in [-0.1, -0.05) is 16.8 Å². The molecule has 7 heteroatoms. The molecule has 0 fully saturated rings. The highest BCUT2D eigenvalue weighted by molar-refractivity contribution is 6.33. The Labute approximate surface area is 119 Å². The molecule has 20 heavy (non-hydrogen) atoms. The highest BCUT2D eigenvalue weighted by Crippen LogP contribution is 2.42. The predicted octanol–water partition coefficient (Wildman–Crippen LogP) is 3.02. The summed E-state index contributed by atoms with van der Waals surface area (Å²) in [7, 11) is 2.98. The van der Waals surface area contributed by atoms with Crippen LogP contribution in [0.25, 0.3) is 11.3 Å². The number of hydrogen-bond donors (Lipinski definition) is 1. The van der Waals surface area contributed by atoms with Crippen molar-refractivity contribution >= 4 is 17.6 Å². The van der Waals surface area contributed by atoms with Crippen molar-refractivity contribution in [2.45, 2.75) is 6.92 Å². The van der Waals surface area contributed by atoms with Gasteiger partial charge in [0.1, 0.15) is 17.2 Å². The third-order valence-electron chi connectivity index (χ3n) is 2.84. The summed E-state index contributed by atoms with van der Waals surface area (Å²) in [6.45, 7) is 1.79. The van der Waals surface area contributed by atoms with Crippen LogP contribution in [-0.4, -0.2) is 30.5 Å². The summed E-state index contributed by atoms with van der Waals surface area (Å²) < 4.78 is 15.2. The molecule has 6 nitrogen and oxygen atoms in total. The number of benzene rings is 1. The number of carboxylic acids is 1. The molecule has 0 spiro atoms. The molecule has 0 aliphatic heterocycles. The fraction of sp³-hybridized carbons (Fsp3) is 0.231. The number of carbonyl (C=O) groups is 1. The van der Waals surface area contributed by atoms with E-state index in [2.05, 4.69) is 5.16 Å². The molecule has 0 saturated carbocycles. The summed E-state index contributed by atoms with van der Waals surface area (Å²) in [6, 6.07) is 2.97. The van der Waals surface area contributed by atoms with Crippen LogP contribution in [0.4, 0.5) is 0 Å². The molecule has 0 atom stereocenters. The lowest BCUT2D eigenvalue weighted by molar-refractivity contribution is 0.0652. The van der Waals surface area contributed by atoms with E-state index in [4.69, 9.17) is 30.7 Å². The van der Waals surface area contributed by atoms with Crippen molar-refractivity contribution in [2.24, 2.45) is 0 Å². The summed E-state index contributed by atoms with van der Waals surface area (Å²) in [4.78, 5) is 10.8. The Bertz CT molecular complexity index is 665. The minimum atomic E-state index is -1.20. The average Bonchev–Trinajstić information content (AvgIpc) is 2.91. The zero-order valence-corrected chi connectivity index (χ0v) is 11.8. The van der Waals surface area contributed by atoms with Gasteiger partial charge >= 0.3 is 5.97 Å². The highest BCUT2D eigenvalue weighted by Gasteiger charge is 2.20. The van der Waals surface area contributed by atoms with Crippen molar-refractivity contribution in [3.05, 3.63) is 28.5 Å². The van der Waals surface area contributed by atoms with Crippen molar-refractivity contribution in [3.8, 4) is 22.8 Å². The third-order valence-corrected chi connectivity index (χ3v) is 3.29. The standard InChI is InChI=1S/C13H12ClNO5/c1-6-9(18-2)4-7(12(19-3)11(6)14)8-5-10(13(16)17)20-15-8/h4-5H,1-3H3,(H,16,17). The Morgan fingerprint density at radius 2 is 2.05 bits per heavy atom. The highest BCUT2D eigenvalue weighted by atomic mass is 35.5. The number of hydrogen-bond acceptors (Lipinski definition) is 5. The van der Waals surface area contributed by atoms with Crippen LogP contribution < -0.4 is 9.47 Å². The van der Waals surface area contributed by atoms with Crippen LogP contribution >= 0.6 is 11.6 Å². The van der Waals surface area contributed by atoms with E-state index in [1.54, 1.807) is 13.0 Å². The van der Waals surface area contributed by atoms with Crippen LogP contribution in [0.15, 0.2) is 16.7 Å². The molecule has 0 bridgehead atoms. The topological polar surface area (TPSA) is 81.8 Å². The zero-order valence-electron chi connectivity index (χ0n) is 11.1. The van der Waals surface area contributed by atoms with E-state index in [1.165, 1.54) is 20.3 Å². The molecule has 0 saturated heterocycles. The first-order valence-corrected chi connectivity index (χ1v) is 5.98. The van der Waals surface area contributed by atoms with Crippen molar-refractivity contribution in [1.82, 2.24) is 5.16 Å². The minimum absolute atomic E-state index is 0.266. The van der Waals surface area contributed by atoms with E-state index in [0.717, 1.165) is 5.56 Å². The fourth-order valence-corrected chi connectivity index (χ4v) is 2.08. The largest absolute Gasteiger partial charge is 0.496 e. The lowest BCUT2D eigenvalue weighted by atomic mass is 10.1. The van der Waals surface area contributed by atoms with Crippen molar-refractivity contribution in [3.63, 3.8) is 0 Å². The molecule has 0 aliphatic carbocycles. The monoisotopic (exact) mass is 297 g/mol. The summed E-state index contributed by atoms with van der Waals surface area (Å²) in [5, 5.41) is 12.9. The number of halogens is 1. The van der Waals surface area contributed by atoms with E-state index in [9.17, 15) is 4.79 Å². The van der Waals surface area contributed by atoms with E-state index in [0.29, 0.717) is 27.8 Å². The molecule has 2 rings (SSSR count). The van der Waals surface area contributed by atoms with Crippen molar-refractivity contribution in [1.29, 1.82) is 0 Å². The van der Waals surface area contributed by atoms with Crippen molar-refractivity contribution < 1.29 is 23.9 Å². The molecule has 0 aliphatic rings. The molecule has 0 amide bonds. The van der Waals surface area contributed by atoms with Crippen LogP contribution in [0.3, 0.4) is 0 Å². The summed E-state index contributed by atoms with van der Waals surface area (Å²) >= 11 is 6.22. The van der Waals surface area contributed by atoms with Crippen LogP contribution in [-0.2, 0) is 0 Å². The first-order chi connectivity index (χ1) is 9.49. The van der Waals surface area contributed by atoms with E-state index in [1.807, 2.05) is 0 Å². The van der Waals surface area contributed by atoms with Crippen LogP contribution in [0.2, 0.25) is 5.02 Å². The van der Waals surface area contributed by atoms with Gasteiger partial charge in [-0.15, -0.1) is 0 Å². The van der Waals surface area contributed by atoms with Gasteiger partial charge in [0.05, 0.1) is 24.8 Å². The molecular formula is C13H12ClNO5. The number of carboxylic acid groups (broad SMARTS) is 1. The maximum atomic E-state index is 10.8. The molecule has 1 N–H and O–H groups in total. The summed E-state index contributed by atoms with van der Waals surface area (Å²) in [5.74, 6) is -0.536. The third kappa shape index (κ3) is 2.30. The molecule has 0 radical (unpaired) electrons. The maximum absolute atomic E-state index is 10.8. The lowest BCUT2D eigenvalue weighted by Crippen LogP contribution is -1.95. The van der Waals surface area contributed by atoms with Gasteiger partial charge in [0.15, 0.2) is 0 Å². The second-order valence-electron chi connectivity index (χ2n) is 3.98. The Morgan fingerprint density at radius 3 is 2.55 bits per heavy atom. The van der Waals surface area contributed by atoms with E-state index in [-0.39, 0.29) is 5.76 Å². The second kappa shape index (κ2) is 5.42. The Kier molecular flexibility index (Phi) is 3.85. The number of methoxy groups -OCH3 is 2. The number of ether oxygens (including phenoxy) is 2. The van der Waals surface area contributed by atoms with E-state index < -0.39 is 5.97 Å². The Balaban J connectivity index is 2.65. The normalized spacial score (nSPS) is 10.4. The van der Waals surface area contributed by atoms with Crippen molar-refractivity contribution in [2.75, 3.05) is 14.2 Å². The number of aromatic carboxylic acids is 1. The smallest absolute Gasteiger partial charge is 0.374 e. The number of nitrogens with zero attached hydrogens (tertiary/aromatic N) is 1. The quantitative estimate of drug-likeness (QED) is 0.934. The predicted molar refractivity (Wildman–Crippen MR) is 71.7 cm³/mol. The fourth-order valence-electron chi connectivity index (χ4n) is 1.81. The summed E-state index contributed by atoms with van der Waals surface area (Å²) in [6.07, 6.45) is 0. The van der Waals surface area contributed by atoms with Gasteiger partial charge in [-0.3, -0.25) is 0 Å². The van der Waals surface area contributed by atoms with Crippen LogP contribution in [0.1, 0.15) is 16.1 Å². The Morgan fingerprint density at radius 1 is 1.35 bits per heavy atom. The molecule has 2 aromatic rings. The van der Waals surface area contributed by atoms with E-state index >= 15 is 0 Å². The van der Waals surface area contributed by atoms with Gasteiger partial charge in [0, 0.05) is 11.6 Å². The minimum Gasteiger partial charge on any atom is -0.496 e. The first-order valence-electron chi connectivity index (χ1n) is 5.61. The summed E-state index contributed by atoms with van der Waals surface area (Å²) in [5.41, 5.74) is 1.52. The van der Waals surface area contributed by atoms with Gasteiger partial charge in [-0.25, -0.2) is 4.79 Å². The van der Waals surface area contributed by atoms with Gasteiger partial charge in [0.2, 0.25) is 5.76 Å². The molecular weight excluding hydrogens is 286 g/mol.